The molecular weight excluding hydrogens is 589 g/mol. The maximum atomic E-state index is 16.3. The van der Waals surface area contributed by atoms with Gasteiger partial charge in [0.25, 0.3) is 5.67 Å². The smallest absolute Gasteiger partial charge is 0.351 e. The van der Waals surface area contributed by atoms with E-state index in [0.29, 0.717) is 6.42 Å². The van der Waals surface area contributed by atoms with Crippen LogP contribution < -0.4 is 0 Å². The molecule has 0 aromatic carbocycles. The second-order valence-electron chi connectivity index (χ2n) is 14.9. The molecule has 3 N–H and O–H groups in total. The lowest BCUT2D eigenvalue weighted by Crippen LogP contribution is -2.62. The van der Waals surface area contributed by atoms with Crippen LogP contribution in [0.5, 0.6) is 0 Å². The van der Waals surface area contributed by atoms with Gasteiger partial charge in [0, 0.05) is 36.4 Å². The Bertz CT molecular complexity index is 1060. The third-order valence-corrected chi connectivity index (χ3v) is 10.2. The van der Waals surface area contributed by atoms with Gasteiger partial charge in [-0.2, -0.15) is 0 Å². The van der Waals surface area contributed by atoms with Crippen molar-refractivity contribution in [2.24, 2.45) is 17.8 Å². The van der Waals surface area contributed by atoms with Gasteiger partial charge in [-0.05, 0) is 74.8 Å². The number of rotatable bonds is 5. The van der Waals surface area contributed by atoms with Crippen molar-refractivity contribution in [2.75, 3.05) is 14.2 Å². The first-order valence-electron chi connectivity index (χ1n) is 16.0. The van der Waals surface area contributed by atoms with Crippen LogP contribution in [0.2, 0.25) is 0 Å². The van der Waals surface area contributed by atoms with Crippen molar-refractivity contribution >= 4 is 17.5 Å². The van der Waals surface area contributed by atoms with Gasteiger partial charge in [-0.25, -0.2) is 9.18 Å². The van der Waals surface area contributed by atoms with Crippen molar-refractivity contribution in [3.8, 4) is 0 Å². The van der Waals surface area contributed by atoms with E-state index in [0.717, 1.165) is 6.92 Å². The number of hydrogen-bond donors (Lipinski definition) is 3. The summed E-state index contributed by atoms with van der Waals surface area (Å²) < 4.78 is 40.0. The van der Waals surface area contributed by atoms with Crippen LogP contribution in [0.3, 0.4) is 0 Å². The van der Waals surface area contributed by atoms with Crippen molar-refractivity contribution in [1.29, 1.82) is 0 Å². The Morgan fingerprint density at radius 1 is 1.04 bits per heavy atom. The van der Waals surface area contributed by atoms with E-state index in [-0.39, 0.29) is 30.5 Å². The minimum Gasteiger partial charge on any atom is -0.457 e. The Labute approximate surface area is 268 Å². The summed E-state index contributed by atoms with van der Waals surface area (Å²) in [7, 11) is 3.25. The van der Waals surface area contributed by atoms with Gasteiger partial charge in [-0.15, -0.1) is 0 Å². The van der Waals surface area contributed by atoms with E-state index in [9.17, 15) is 29.7 Å². The predicted molar refractivity (Wildman–Crippen MR) is 165 cm³/mol. The number of ketones is 2. The molecule has 0 aromatic heterocycles. The van der Waals surface area contributed by atoms with Gasteiger partial charge in [0.05, 0.1) is 23.9 Å². The summed E-state index contributed by atoms with van der Waals surface area (Å²) in [6, 6.07) is -0.389. The third kappa shape index (κ3) is 8.13. The highest BCUT2D eigenvalue weighted by Gasteiger charge is 2.56. The van der Waals surface area contributed by atoms with Crippen LogP contribution in [0.25, 0.3) is 0 Å². The summed E-state index contributed by atoms with van der Waals surface area (Å²) in [5.41, 5.74) is -7.08. The summed E-state index contributed by atoms with van der Waals surface area (Å²) in [5.74, 6) is -6.40. The number of cyclic esters (lactones) is 1. The molecule has 0 saturated carbocycles. The number of halogens is 1. The number of Topliss-reactive ketones (excluding diaryl/α,β-unsaturated/α-hetero) is 2. The molecule has 0 unspecified atom stereocenters. The van der Waals surface area contributed by atoms with Crippen molar-refractivity contribution < 1.29 is 53.0 Å². The van der Waals surface area contributed by atoms with E-state index < -0.39 is 82.9 Å². The SMILES string of the molecule is CC[C@H]1OC(=O)[C@@](C)(F)C(=O)[C@H](C)[C@@H](O[C@@H]2O[C@H](C)C[C@H](N(C)C(C)(C)C)[C@H]2O)[C@](C)(OC)C[C@@H](C)C(=O)[C@H](C)[C@@H](O)[C@]1(C)O. The second kappa shape index (κ2) is 14.3. The van der Waals surface area contributed by atoms with Crippen LogP contribution in [0.1, 0.15) is 95.4 Å². The molecule has 12 heteroatoms. The monoisotopic (exact) mass is 647 g/mol. The summed E-state index contributed by atoms with van der Waals surface area (Å²) in [4.78, 5) is 42.8. The maximum absolute atomic E-state index is 16.3. The number of nitrogens with zero attached hydrogens (tertiary/aromatic N) is 1. The second-order valence-corrected chi connectivity index (χ2v) is 14.9. The molecule has 2 aliphatic rings. The largest absolute Gasteiger partial charge is 0.457 e. The number of carbonyl (C=O) groups is 3. The van der Waals surface area contributed by atoms with E-state index in [2.05, 4.69) is 0 Å². The molecule has 2 saturated heterocycles. The van der Waals surface area contributed by atoms with Crippen LogP contribution >= 0.6 is 0 Å². The lowest BCUT2D eigenvalue weighted by Gasteiger charge is -2.49. The van der Waals surface area contributed by atoms with E-state index >= 15 is 4.39 Å². The van der Waals surface area contributed by atoms with E-state index in [4.69, 9.17) is 18.9 Å². The molecule has 0 aromatic rings. The number of hydrogen-bond acceptors (Lipinski definition) is 11. The molecule has 0 amide bonds. The van der Waals surface area contributed by atoms with Gasteiger partial charge < -0.3 is 34.3 Å². The normalized spacial score (nSPS) is 44.9. The molecule has 13 atom stereocenters. The minimum absolute atomic E-state index is 0.0289. The van der Waals surface area contributed by atoms with Crippen molar-refractivity contribution in [1.82, 2.24) is 4.90 Å². The Morgan fingerprint density at radius 2 is 1.60 bits per heavy atom. The van der Waals surface area contributed by atoms with Gasteiger partial charge >= 0.3 is 5.97 Å². The maximum Gasteiger partial charge on any atom is 0.351 e. The number of carbonyl (C=O) groups excluding carboxylic acids is 3. The minimum atomic E-state index is -3.18. The van der Waals surface area contributed by atoms with Gasteiger partial charge in [-0.3, -0.25) is 14.5 Å². The Hall–Kier alpha value is -1.54. The lowest BCUT2D eigenvalue weighted by molar-refractivity contribution is -0.298. The molecule has 0 aliphatic carbocycles. The van der Waals surface area contributed by atoms with E-state index in [1.54, 1.807) is 20.8 Å². The molecule has 0 spiro atoms. The zero-order valence-electron chi connectivity index (χ0n) is 29.4. The number of methoxy groups -OCH3 is 1. The van der Waals surface area contributed by atoms with Gasteiger partial charge in [0.15, 0.2) is 12.1 Å². The summed E-state index contributed by atoms with van der Waals surface area (Å²) >= 11 is 0. The quantitative estimate of drug-likeness (QED) is 0.298. The number of likely N-dealkylation sites (N-methyl/N-ethyl adjacent to an activating group) is 1. The molecule has 2 fully saturated rings. The van der Waals surface area contributed by atoms with Crippen LogP contribution in [0, 0.1) is 17.8 Å². The molecule has 2 rings (SSSR count). The fourth-order valence-electron chi connectivity index (χ4n) is 6.80. The molecule has 45 heavy (non-hydrogen) atoms. The number of alkyl halides is 1. The molecule has 11 nitrogen and oxygen atoms in total. The zero-order valence-corrected chi connectivity index (χ0v) is 29.4. The highest BCUT2D eigenvalue weighted by molar-refractivity contribution is 6.07. The molecular formula is C33H58FNO10. The lowest BCUT2D eigenvalue weighted by atomic mass is 9.74. The van der Waals surface area contributed by atoms with Crippen LogP contribution in [0.15, 0.2) is 0 Å². The van der Waals surface area contributed by atoms with Gasteiger partial charge in [0.2, 0.25) is 0 Å². The van der Waals surface area contributed by atoms with Gasteiger partial charge in [-0.1, -0.05) is 27.7 Å². The van der Waals surface area contributed by atoms with Crippen LogP contribution in [-0.2, 0) is 33.3 Å². The first-order valence-corrected chi connectivity index (χ1v) is 16.0. The molecule has 0 bridgehead atoms. The van der Waals surface area contributed by atoms with Crippen LogP contribution in [-0.4, -0.2) is 117 Å². The molecule has 0 radical (unpaired) electrons. The van der Waals surface area contributed by atoms with Crippen LogP contribution in [0.4, 0.5) is 4.39 Å². The zero-order chi connectivity index (χ0) is 35.0. The first-order chi connectivity index (χ1) is 20.4. The number of esters is 1. The average molecular weight is 648 g/mol. The molecule has 262 valence electrons. The Kier molecular flexibility index (Phi) is 12.6. The Morgan fingerprint density at radius 3 is 2.09 bits per heavy atom. The topological polar surface area (TPSA) is 152 Å². The fraction of sp³-hybridized carbons (Fsp3) is 0.909. The van der Waals surface area contributed by atoms with Crippen molar-refractivity contribution in [3.63, 3.8) is 0 Å². The Balaban J connectivity index is 2.69. The van der Waals surface area contributed by atoms with E-state index in [1.165, 1.54) is 27.9 Å². The molecule has 2 aliphatic heterocycles. The highest BCUT2D eigenvalue weighted by atomic mass is 19.1. The first kappa shape index (κ1) is 39.6. The summed E-state index contributed by atoms with van der Waals surface area (Å²) in [6.07, 6.45) is -6.78. The van der Waals surface area contributed by atoms with Gasteiger partial charge in [0.1, 0.15) is 23.6 Å². The summed E-state index contributed by atoms with van der Waals surface area (Å²) in [5, 5.41) is 33.9. The van der Waals surface area contributed by atoms with Crippen molar-refractivity contribution in [3.05, 3.63) is 0 Å². The van der Waals surface area contributed by atoms with Crippen molar-refractivity contribution in [2.45, 2.75) is 161 Å². The number of ether oxygens (including phenoxy) is 4. The highest BCUT2D eigenvalue weighted by Crippen LogP contribution is 2.39. The fourth-order valence-corrected chi connectivity index (χ4v) is 6.80. The summed E-state index contributed by atoms with van der Waals surface area (Å²) in [6.45, 7) is 17.5. The number of aliphatic hydroxyl groups excluding tert-OH is 2. The average Bonchev–Trinajstić information content (AvgIpc) is 2.95. The number of aliphatic hydroxyl groups is 3. The molecule has 2 heterocycles. The van der Waals surface area contributed by atoms with E-state index in [1.807, 2.05) is 39.6 Å². The predicted octanol–water partition coefficient (Wildman–Crippen LogP) is 2.98. The third-order valence-electron chi connectivity index (χ3n) is 10.2. The standard InChI is InChI=1S/C33H58FNO10/c1-14-22-33(11,41)26(39)19(4)23(36)17(2)16-31(9,42-13)27(20(5)25(38)32(10,34)29(40)44-22)45-28-24(37)21(15-18(3)43-28)35(12)30(6,7)8/h17-22,24,26-28,37,39,41H,14-16H2,1-13H3/t17-,18-,19+,20+,21+,22-,24-,26-,27-,28+,31-,32+,33-/m1/s1.